The van der Waals surface area contributed by atoms with Gasteiger partial charge in [-0.15, -0.1) is 0 Å². The Kier molecular flexibility index (Phi) is 3.95. The smallest absolute Gasteiger partial charge is 0.162 e. The number of hydrogen-bond donors (Lipinski definition) is 0. The van der Waals surface area contributed by atoms with Crippen LogP contribution in [-0.4, -0.2) is 12.4 Å². The second-order valence-electron chi connectivity index (χ2n) is 4.21. The van der Waals surface area contributed by atoms with Gasteiger partial charge >= 0.3 is 0 Å². The van der Waals surface area contributed by atoms with E-state index >= 15 is 0 Å². The van der Waals surface area contributed by atoms with Crippen LogP contribution in [0.4, 0.5) is 4.39 Å². The topological polar surface area (TPSA) is 26.3 Å². The number of rotatable bonds is 4. The minimum absolute atomic E-state index is 0.120. The molecule has 0 saturated heterocycles. The third-order valence-corrected chi connectivity index (χ3v) is 2.85. The molecular weight excluding hydrogens is 243 g/mol. The molecular formula is C16H15FO2. The molecule has 0 atom stereocenters. The number of carbonyl (C=O) groups excluding carboxylic acids is 1. The number of carbonyl (C=O) groups is 1. The molecule has 0 saturated carbocycles. The standard InChI is InChI=1S/C16H15FO2/c1-3-19-14-7-4-12(5-8-14)13-6-9-15(11(2)18)16(17)10-13/h4-10H,3H2,1-2H3. The Morgan fingerprint density at radius 3 is 2.26 bits per heavy atom. The van der Waals surface area contributed by atoms with Gasteiger partial charge in [-0.05, 0) is 49.2 Å². The highest BCUT2D eigenvalue weighted by Crippen LogP contribution is 2.24. The average molecular weight is 258 g/mol. The Hall–Kier alpha value is -2.16. The molecule has 0 amide bonds. The van der Waals surface area contributed by atoms with Gasteiger partial charge in [0.15, 0.2) is 5.78 Å². The summed E-state index contributed by atoms with van der Waals surface area (Å²) in [5, 5.41) is 0. The lowest BCUT2D eigenvalue weighted by Gasteiger charge is -2.06. The predicted molar refractivity (Wildman–Crippen MR) is 73.0 cm³/mol. The summed E-state index contributed by atoms with van der Waals surface area (Å²) in [6.45, 7) is 3.89. The first-order chi connectivity index (χ1) is 9.11. The SMILES string of the molecule is CCOc1ccc(-c2ccc(C(C)=O)c(F)c2)cc1. The summed E-state index contributed by atoms with van der Waals surface area (Å²) < 4.78 is 19.1. The van der Waals surface area contributed by atoms with E-state index in [4.69, 9.17) is 4.74 Å². The number of halogens is 1. The quantitative estimate of drug-likeness (QED) is 0.772. The van der Waals surface area contributed by atoms with E-state index in [1.165, 1.54) is 19.1 Å². The van der Waals surface area contributed by atoms with Crippen molar-refractivity contribution in [2.45, 2.75) is 13.8 Å². The van der Waals surface area contributed by atoms with Crippen molar-refractivity contribution in [1.82, 2.24) is 0 Å². The fourth-order valence-electron chi connectivity index (χ4n) is 1.89. The highest BCUT2D eigenvalue weighted by molar-refractivity contribution is 5.94. The third-order valence-electron chi connectivity index (χ3n) is 2.85. The Labute approximate surface area is 111 Å². The lowest BCUT2D eigenvalue weighted by Crippen LogP contribution is -1.97. The Bertz CT molecular complexity index is 588. The van der Waals surface area contributed by atoms with E-state index in [9.17, 15) is 9.18 Å². The number of benzene rings is 2. The first kappa shape index (κ1) is 13.3. The molecule has 0 aliphatic rings. The van der Waals surface area contributed by atoms with Crippen LogP contribution in [0.15, 0.2) is 42.5 Å². The number of hydrogen-bond acceptors (Lipinski definition) is 2. The first-order valence-electron chi connectivity index (χ1n) is 6.15. The zero-order valence-electron chi connectivity index (χ0n) is 10.9. The van der Waals surface area contributed by atoms with Crippen LogP contribution in [0.1, 0.15) is 24.2 Å². The first-order valence-corrected chi connectivity index (χ1v) is 6.15. The molecule has 3 heteroatoms. The molecule has 0 aliphatic carbocycles. The summed E-state index contributed by atoms with van der Waals surface area (Å²) >= 11 is 0. The van der Waals surface area contributed by atoms with Gasteiger partial charge in [0.25, 0.3) is 0 Å². The molecule has 0 radical (unpaired) electrons. The minimum Gasteiger partial charge on any atom is -0.494 e. The van der Waals surface area contributed by atoms with Crippen molar-refractivity contribution < 1.29 is 13.9 Å². The van der Waals surface area contributed by atoms with Gasteiger partial charge in [0, 0.05) is 0 Å². The van der Waals surface area contributed by atoms with E-state index in [1.54, 1.807) is 6.07 Å². The maximum atomic E-state index is 13.7. The molecule has 0 unspecified atom stereocenters. The van der Waals surface area contributed by atoms with E-state index < -0.39 is 5.82 Å². The van der Waals surface area contributed by atoms with Gasteiger partial charge in [0.1, 0.15) is 11.6 Å². The summed E-state index contributed by atoms with van der Waals surface area (Å²) in [5.41, 5.74) is 1.75. The number of ether oxygens (including phenoxy) is 1. The molecule has 2 nitrogen and oxygen atoms in total. The van der Waals surface area contributed by atoms with E-state index in [-0.39, 0.29) is 11.3 Å². The molecule has 2 rings (SSSR count). The van der Waals surface area contributed by atoms with Crippen LogP contribution in [-0.2, 0) is 0 Å². The Morgan fingerprint density at radius 1 is 1.11 bits per heavy atom. The molecule has 98 valence electrons. The second-order valence-corrected chi connectivity index (χ2v) is 4.21. The van der Waals surface area contributed by atoms with Gasteiger partial charge in [-0.3, -0.25) is 4.79 Å². The monoisotopic (exact) mass is 258 g/mol. The molecule has 2 aromatic rings. The fraction of sp³-hybridized carbons (Fsp3) is 0.188. The van der Waals surface area contributed by atoms with Crippen molar-refractivity contribution in [3.05, 3.63) is 53.8 Å². The molecule has 0 fully saturated rings. The Morgan fingerprint density at radius 2 is 1.74 bits per heavy atom. The fourth-order valence-corrected chi connectivity index (χ4v) is 1.89. The molecule has 0 bridgehead atoms. The summed E-state index contributed by atoms with van der Waals surface area (Å²) in [5.74, 6) is 0.0294. The molecule has 0 spiro atoms. The van der Waals surface area contributed by atoms with Crippen LogP contribution in [0, 0.1) is 5.82 Å². The van der Waals surface area contributed by atoms with Crippen LogP contribution >= 0.6 is 0 Å². The number of ketones is 1. The van der Waals surface area contributed by atoms with E-state index in [0.29, 0.717) is 6.61 Å². The van der Waals surface area contributed by atoms with Crippen molar-refractivity contribution in [3.63, 3.8) is 0 Å². The predicted octanol–water partition coefficient (Wildman–Crippen LogP) is 4.09. The summed E-state index contributed by atoms with van der Waals surface area (Å²) in [4.78, 5) is 11.2. The highest BCUT2D eigenvalue weighted by atomic mass is 19.1. The number of Topliss-reactive ketones (excluding diaryl/α,β-unsaturated/α-hetero) is 1. The van der Waals surface area contributed by atoms with Crippen molar-refractivity contribution >= 4 is 5.78 Å². The molecule has 0 aliphatic heterocycles. The van der Waals surface area contributed by atoms with Gasteiger partial charge in [-0.2, -0.15) is 0 Å². The van der Waals surface area contributed by atoms with Gasteiger partial charge in [-0.25, -0.2) is 4.39 Å². The van der Waals surface area contributed by atoms with Crippen LogP contribution in [0.25, 0.3) is 11.1 Å². The van der Waals surface area contributed by atoms with E-state index in [2.05, 4.69) is 0 Å². The lowest BCUT2D eigenvalue weighted by atomic mass is 10.0. The van der Waals surface area contributed by atoms with E-state index in [1.807, 2.05) is 31.2 Å². The summed E-state index contributed by atoms with van der Waals surface area (Å²) in [6.07, 6.45) is 0. The van der Waals surface area contributed by atoms with Crippen molar-refractivity contribution in [2.24, 2.45) is 0 Å². The molecule has 0 aromatic heterocycles. The molecule has 19 heavy (non-hydrogen) atoms. The zero-order chi connectivity index (χ0) is 13.8. The Balaban J connectivity index is 2.31. The van der Waals surface area contributed by atoms with Crippen molar-refractivity contribution in [2.75, 3.05) is 6.61 Å². The van der Waals surface area contributed by atoms with E-state index in [0.717, 1.165) is 16.9 Å². The normalized spacial score (nSPS) is 10.3. The zero-order valence-corrected chi connectivity index (χ0v) is 10.9. The maximum Gasteiger partial charge on any atom is 0.162 e. The van der Waals surface area contributed by atoms with Crippen LogP contribution in [0.2, 0.25) is 0 Å². The lowest BCUT2D eigenvalue weighted by molar-refractivity contribution is 0.101. The highest BCUT2D eigenvalue weighted by Gasteiger charge is 2.08. The minimum atomic E-state index is -0.487. The second kappa shape index (κ2) is 5.65. The molecule has 0 N–H and O–H groups in total. The van der Waals surface area contributed by atoms with Gasteiger partial charge in [-0.1, -0.05) is 18.2 Å². The van der Waals surface area contributed by atoms with Gasteiger partial charge in [0.2, 0.25) is 0 Å². The van der Waals surface area contributed by atoms with Gasteiger partial charge in [0.05, 0.1) is 12.2 Å². The summed E-state index contributed by atoms with van der Waals surface area (Å²) in [6, 6.07) is 12.1. The van der Waals surface area contributed by atoms with Gasteiger partial charge < -0.3 is 4.74 Å². The third kappa shape index (κ3) is 2.99. The van der Waals surface area contributed by atoms with Crippen LogP contribution < -0.4 is 4.74 Å². The molecule has 0 heterocycles. The van der Waals surface area contributed by atoms with Crippen molar-refractivity contribution in [1.29, 1.82) is 0 Å². The molecule has 2 aromatic carbocycles. The summed E-state index contributed by atoms with van der Waals surface area (Å²) in [7, 11) is 0. The average Bonchev–Trinajstić information content (AvgIpc) is 2.39. The van der Waals surface area contributed by atoms with Crippen LogP contribution in [0.5, 0.6) is 5.75 Å². The van der Waals surface area contributed by atoms with Crippen LogP contribution in [0.3, 0.4) is 0 Å². The largest absolute Gasteiger partial charge is 0.494 e. The van der Waals surface area contributed by atoms with Crippen molar-refractivity contribution in [3.8, 4) is 16.9 Å². The maximum absolute atomic E-state index is 13.7.